The van der Waals surface area contributed by atoms with Crippen LogP contribution in [0, 0.1) is 0 Å². The highest BCUT2D eigenvalue weighted by molar-refractivity contribution is 7.11. The molecule has 0 saturated carbocycles. The van der Waals surface area contributed by atoms with Crippen LogP contribution in [-0.4, -0.2) is 0 Å². The maximum atomic E-state index is 2.14. The lowest BCUT2D eigenvalue weighted by molar-refractivity contribution is 1.50. The summed E-state index contributed by atoms with van der Waals surface area (Å²) in [6.07, 6.45) is 6.33. The summed E-state index contributed by atoms with van der Waals surface area (Å²) in [5.74, 6) is 0. The Hall–Kier alpha value is -0.820. The van der Waals surface area contributed by atoms with Gasteiger partial charge in [-0.2, -0.15) is 0 Å². The molecule has 0 nitrogen and oxygen atoms in total. The van der Waals surface area contributed by atoms with E-state index >= 15 is 0 Å². The molecule has 0 aliphatic heterocycles. The van der Waals surface area contributed by atoms with Gasteiger partial charge in [0.1, 0.15) is 0 Å². The molecule has 1 aromatic rings. The Labute approximate surface area is 85.6 Å². The Kier molecular flexibility index (Phi) is 7.32. The van der Waals surface area contributed by atoms with Crippen molar-refractivity contribution in [3.63, 3.8) is 0 Å². The molecule has 0 N–H and O–H groups in total. The van der Waals surface area contributed by atoms with Crippen LogP contribution < -0.4 is 0 Å². The highest BCUT2D eigenvalue weighted by Crippen LogP contribution is 2.20. The molecular formula is C12H18S. The van der Waals surface area contributed by atoms with Gasteiger partial charge < -0.3 is 0 Å². The van der Waals surface area contributed by atoms with Gasteiger partial charge in [-0.05, 0) is 30.9 Å². The Balaban J connectivity index is 0.000000671. The molecule has 0 aliphatic carbocycles. The number of rotatable bonds is 2. The molecule has 1 heteroatoms. The van der Waals surface area contributed by atoms with Crippen molar-refractivity contribution >= 4 is 16.9 Å². The zero-order valence-corrected chi connectivity index (χ0v) is 9.69. The maximum absolute atomic E-state index is 2.14. The molecule has 0 bridgehead atoms. The van der Waals surface area contributed by atoms with Crippen molar-refractivity contribution in [3.8, 4) is 0 Å². The average molecular weight is 194 g/mol. The standard InChI is InChI=1S/C10H12S.C2H6/c1-3-6-9(4-2)10-7-5-8-11-10;1-2/h3-8H,1-2H3;1-2H3/b6-3-,9-4+;. The Morgan fingerprint density at radius 1 is 1.31 bits per heavy atom. The first-order valence-electron chi connectivity index (χ1n) is 4.71. The second kappa shape index (κ2) is 7.81. The fourth-order valence-electron chi connectivity index (χ4n) is 0.943. The molecule has 0 aromatic carbocycles. The number of hydrogen-bond acceptors (Lipinski definition) is 1. The summed E-state index contributed by atoms with van der Waals surface area (Å²) in [6.45, 7) is 8.10. The SMILES string of the molecule is C/C=C\C(=C/C)c1cccs1.CC. The summed E-state index contributed by atoms with van der Waals surface area (Å²) >= 11 is 1.78. The van der Waals surface area contributed by atoms with E-state index in [0.717, 1.165) is 0 Å². The van der Waals surface area contributed by atoms with Crippen molar-refractivity contribution in [2.24, 2.45) is 0 Å². The summed E-state index contributed by atoms with van der Waals surface area (Å²) in [4.78, 5) is 1.34. The molecule has 0 amide bonds. The normalized spacial score (nSPS) is 11.2. The largest absolute Gasteiger partial charge is 0.144 e. The van der Waals surface area contributed by atoms with Gasteiger partial charge in [0.05, 0.1) is 0 Å². The van der Waals surface area contributed by atoms with Gasteiger partial charge in [-0.3, -0.25) is 0 Å². The first-order valence-corrected chi connectivity index (χ1v) is 5.59. The second-order valence-electron chi connectivity index (χ2n) is 2.22. The molecule has 0 radical (unpaired) electrons. The number of hydrogen-bond donors (Lipinski definition) is 0. The molecule has 0 fully saturated rings. The molecule has 0 saturated heterocycles. The van der Waals surface area contributed by atoms with Crippen LogP contribution >= 0.6 is 11.3 Å². The molecule has 1 rings (SSSR count). The van der Waals surface area contributed by atoms with E-state index in [1.165, 1.54) is 10.5 Å². The van der Waals surface area contributed by atoms with Crippen LogP contribution in [0.3, 0.4) is 0 Å². The van der Waals surface area contributed by atoms with E-state index in [1.807, 2.05) is 20.8 Å². The number of thiophene rings is 1. The van der Waals surface area contributed by atoms with Crippen LogP contribution in [0.4, 0.5) is 0 Å². The highest BCUT2D eigenvalue weighted by Gasteiger charge is 1.94. The summed E-state index contributed by atoms with van der Waals surface area (Å²) < 4.78 is 0. The molecule has 0 aliphatic rings. The van der Waals surface area contributed by atoms with Crippen LogP contribution in [0.1, 0.15) is 32.6 Å². The Morgan fingerprint density at radius 2 is 2.00 bits per heavy atom. The van der Waals surface area contributed by atoms with Crippen LogP contribution in [-0.2, 0) is 0 Å². The molecule has 72 valence electrons. The van der Waals surface area contributed by atoms with Crippen LogP contribution in [0.25, 0.3) is 5.57 Å². The molecule has 0 spiro atoms. The second-order valence-corrected chi connectivity index (χ2v) is 3.17. The summed E-state index contributed by atoms with van der Waals surface area (Å²) in [5, 5.41) is 2.10. The summed E-state index contributed by atoms with van der Waals surface area (Å²) in [5.41, 5.74) is 1.31. The van der Waals surface area contributed by atoms with E-state index in [2.05, 4.69) is 42.7 Å². The van der Waals surface area contributed by atoms with E-state index in [4.69, 9.17) is 0 Å². The lowest BCUT2D eigenvalue weighted by Gasteiger charge is -1.94. The minimum Gasteiger partial charge on any atom is -0.144 e. The molecule has 1 heterocycles. The van der Waals surface area contributed by atoms with Crippen molar-refractivity contribution in [1.29, 1.82) is 0 Å². The smallest absolute Gasteiger partial charge is 0.0339 e. The van der Waals surface area contributed by atoms with Crippen molar-refractivity contribution in [3.05, 3.63) is 40.6 Å². The fourth-order valence-corrected chi connectivity index (χ4v) is 1.73. The molecule has 1 aromatic heterocycles. The molecular weight excluding hydrogens is 176 g/mol. The Bertz CT molecular complexity index is 253. The first-order chi connectivity index (χ1) is 6.38. The molecule has 13 heavy (non-hydrogen) atoms. The Morgan fingerprint density at radius 3 is 2.38 bits per heavy atom. The van der Waals surface area contributed by atoms with Crippen molar-refractivity contribution in [1.82, 2.24) is 0 Å². The van der Waals surface area contributed by atoms with Gasteiger partial charge in [0.25, 0.3) is 0 Å². The fraction of sp³-hybridized carbons (Fsp3) is 0.333. The van der Waals surface area contributed by atoms with Gasteiger partial charge >= 0.3 is 0 Å². The van der Waals surface area contributed by atoms with E-state index in [-0.39, 0.29) is 0 Å². The predicted molar refractivity (Wildman–Crippen MR) is 64.1 cm³/mol. The molecule has 0 unspecified atom stereocenters. The summed E-state index contributed by atoms with van der Waals surface area (Å²) in [7, 11) is 0. The van der Waals surface area contributed by atoms with E-state index in [0.29, 0.717) is 0 Å². The lowest BCUT2D eigenvalue weighted by Crippen LogP contribution is -1.70. The lowest BCUT2D eigenvalue weighted by atomic mass is 10.2. The van der Waals surface area contributed by atoms with Crippen LogP contribution in [0.2, 0.25) is 0 Å². The average Bonchev–Trinajstić information content (AvgIpc) is 2.70. The van der Waals surface area contributed by atoms with Crippen molar-refractivity contribution in [2.45, 2.75) is 27.7 Å². The van der Waals surface area contributed by atoms with E-state index in [1.54, 1.807) is 11.3 Å². The topological polar surface area (TPSA) is 0 Å². The third kappa shape index (κ3) is 4.09. The van der Waals surface area contributed by atoms with Crippen LogP contribution in [0.5, 0.6) is 0 Å². The van der Waals surface area contributed by atoms with Gasteiger partial charge in [0.15, 0.2) is 0 Å². The predicted octanol–water partition coefficient (Wildman–Crippen LogP) is 4.75. The van der Waals surface area contributed by atoms with Gasteiger partial charge in [0, 0.05) is 4.88 Å². The third-order valence-electron chi connectivity index (χ3n) is 1.46. The molecule has 0 atom stereocenters. The van der Waals surface area contributed by atoms with Gasteiger partial charge in [0.2, 0.25) is 0 Å². The van der Waals surface area contributed by atoms with Crippen LogP contribution in [0.15, 0.2) is 35.7 Å². The minimum absolute atomic E-state index is 1.31. The van der Waals surface area contributed by atoms with Crippen molar-refractivity contribution < 1.29 is 0 Å². The minimum atomic E-state index is 1.31. The highest BCUT2D eigenvalue weighted by atomic mass is 32.1. The maximum Gasteiger partial charge on any atom is 0.0339 e. The van der Waals surface area contributed by atoms with E-state index < -0.39 is 0 Å². The summed E-state index contributed by atoms with van der Waals surface area (Å²) in [6, 6.07) is 4.22. The quantitative estimate of drug-likeness (QED) is 0.596. The first kappa shape index (κ1) is 12.2. The van der Waals surface area contributed by atoms with Crippen molar-refractivity contribution in [2.75, 3.05) is 0 Å². The monoisotopic (exact) mass is 194 g/mol. The zero-order chi connectivity index (χ0) is 10.1. The third-order valence-corrected chi connectivity index (χ3v) is 2.38. The van der Waals surface area contributed by atoms with E-state index in [9.17, 15) is 0 Å². The van der Waals surface area contributed by atoms with Gasteiger partial charge in [-0.25, -0.2) is 0 Å². The zero-order valence-electron chi connectivity index (χ0n) is 8.87. The van der Waals surface area contributed by atoms with Gasteiger partial charge in [-0.15, -0.1) is 11.3 Å². The number of allylic oxidation sites excluding steroid dienone is 4. The van der Waals surface area contributed by atoms with Gasteiger partial charge in [-0.1, -0.05) is 38.1 Å².